The van der Waals surface area contributed by atoms with E-state index in [-0.39, 0.29) is 35.7 Å². The summed E-state index contributed by atoms with van der Waals surface area (Å²) < 4.78 is 16.2. The summed E-state index contributed by atoms with van der Waals surface area (Å²) in [6.07, 6.45) is 1.18. The van der Waals surface area contributed by atoms with E-state index in [0.29, 0.717) is 17.9 Å². The van der Waals surface area contributed by atoms with Gasteiger partial charge in [0.2, 0.25) is 5.69 Å². The minimum absolute atomic E-state index is 0.0900. The van der Waals surface area contributed by atoms with E-state index in [4.69, 9.17) is 14.0 Å². The molecule has 27 heavy (non-hydrogen) atoms. The number of hydrogen-bond donors (Lipinski definition) is 0. The van der Waals surface area contributed by atoms with Crippen LogP contribution in [0, 0.1) is 0 Å². The van der Waals surface area contributed by atoms with Crippen molar-refractivity contribution in [2.75, 3.05) is 13.2 Å². The summed E-state index contributed by atoms with van der Waals surface area (Å²) in [7, 11) is 0. The first kappa shape index (κ1) is 18.3. The van der Waals surface area contributed by atoms with Crippen LogP contribution in [0.1, 0.15) is 34.7 Å². The van der Waals surface area contributed by atoms with Crippen LogP contribution in [-0.2, 0) is 11.3 Å². The molecule has 0 atom stereocenters. The maximum Gasteiger partial charge on any atom is 0.361 e. The molecule has 2 aromatic heterocycles. The molecule has 0 unspecified atom stereocenters. The molecule has 0 aliphatic carbocycles. The third kappa shape index (κ3) is 3.71. The summed E-state index contributed by atoms with van der Waals surface area (Å²) in [6, 6.07) is 6.60. The van der Waals surface area contributed by atoms with Crippen LogP contribution < -0.4 is 10.3 Å². The summed E-state index contributed by atoms with van der Waals surface area (Å²) in [4.78, 5) is 41.0. The summed E-state index contributed by atoms with van der Waals surface area (Å²) in [5.74, 6) is -0.431. The zero-order valence-corrected chi connectivity index (χ0v) is 14.8. The first-order valence-corrected chi connectivity index (χ1v) is 8.33. The molecule has 3 aromatic rings. The third-order valence-electron chi connectivity index (χ3n) is 3.73. The van der Waals surface area contributed by atoms with Crippen molar-refractivity contribution in [3.05, 3.63) is 52.2 Å². The van der Waals surface area contributed by atoms with Gasteiger partial charge in [-0.3, -0.25) is 14.2 Å². The van der Waals surface area contributed by atoms with Gasteiger partial charge in [-0.05, 0) is 38.1 Å². The molecule has 0 bridgehead atoms. The fourth-order valence-corrected chi connectivity index (χ4v) is 2.48. The van der Waals surface area contributed by atoms with E-state index in [1.165, 1.54) is 6.33 Å². The van der Waals surface area contributed by atoms with Crippen LogP contribution in [0.4, 0.5) is 0 Å². The van der Waals surface area contributed by atoms with E-state index in [1.54, 1.807) is 31.2 Å². The topological polar surface area (TPSA) is 114 Å². The van der Waals surface area contributed by atoms with Crippen molar-refractivity contribution >= 4 is 22.9 Å². The minimum atomic E-state index is -0.786. The number of carbonyl (C=O) groups is 2. The van der Waals surface area contributed by atoms with Crippen molar-refractivity contribution in [3.8, 4) is 5.75 Å². The molecule has 9 heteroatoms. The van der Waals surface area contributed by atoms with Gasteiger partial charge in [0.05, 0.1) is 19.8 Å². The Balaban J connectivity index is 1.89. The zero-order valence-electron chi connectivity index (χ0n) is 14.8. The van der Waals surface area contributed by atoms with Crippen LogP contribution in [0.5, 0.6) is 5.75 Å². The van der Waals surface area contributed by atoms with Gasteiger partial charge in [-0.25, -0.2) is 9.78 Å². The smallest absolute Gasteiger partial charge is 0.361 e. The second-order valence-electron chi connectivity index (χ2n) is 5.49. The normalized spacial score (nSPS) is 10.7. The van der Waals surface area contributed by atoms with Gasteiger partial charge in [-0.1, -0.05) is 5.16 Å². The van der Waals surface area contributed by atoms with Crippen molar-refractivity contribution in [2.45, 2.75) is 20.4 Å². The highest BCUT2D eigenvalue weighted by Crippen LogP contribution is 2.15. The molecule has 0 saturated heterocycles. The van der Waals surface area contributed by atoms with Crippen LogP contribution in [0.3, 0.4) is 0 Å². The molecule has 3 rings (SSSR count). The number of carbonyl (C=O) groups excluding carboxylic acids is 2. The average Bonchev–Trinajstić information content (AvgIpc) is 3.10. The molecular formula is C18H17N3O6. The quantitative estimate of drug-likeness (QED) is 0.457. The van der Waals surface area contributed by atoms with E-state index in [0.717, 1.165) is 4.57 Å². The van der Waals surface area contributed by atoms with Crippen LogP contribution in [-0.4, -0.2) is 39.7 Å². The predicted octanol–water partition coefficient (Wildman–Crippen LogP) is 1.84. The largest absolute Gasteiger partial charge is 0.494 e. The highest BCUT2D eigenvalue weighted by molar-refractivity contribution is 6.00. The number of rotatable bonds is 7. The molecule has 0 aliphatic heterocycles. The van der Waals surface area contributed by atoms with Crippen molar-refractivity contribution < 1.29 is 23.6 Å². The Labute approximate surface area is 153 Å². The lowest BCUT2D eigenvalue weighted by molar-refractivity contribution is 0.0516. The van der Waals surface area contributed by atoms with Gasteiger partial charge in [0.25, 0.3) is 11.3 Å². The Kier molecular flexibility index (Phi) is 5.30. The molecule has 9 nitrogen and oxygen atoms in total. The lowest BCUT2D eigenvalue weighted by Gasteiger charge is -2.06. The number of nitrogens with zero attached hydrogens (tertiary/aromatic N) is 3. The van der Waals surface area contributed by atoms with E-state index < -0.39 is 11.5 Å². The molecule has 1 aromatic carbocycles. The number of ketones is 1. The van der Waals surface area contributed by atoms with Gasteiger partial charge in [0.15, 0.2) is 5.78 Å². The molecule has 0 radical (unpaired) electrons. The van der Waals surface area contributed by atoms with Crippen molar-refractivity contribution in [1.29, 1.82) is 0 Å². The maximum absolute atomic E-state index is 12.7. The van der Waals surface area contributed by atoms with E-state index in [9.17, 15) is 14.4 Å². The van der Waals surface area contributed by atoms with Crippen LogP contribution in [0.2, 0.25) is 0 Å². The molecular weight excluding hydrogens is 354 g/mol. The lowest BCUT2D eigenvalue weighted by atomic mass is 10.1. The number of fused-ring (bicyclic) bond motifs is 1. The van der Waals surface area contributed by atoms with E-state index in [2.05, 4.69) is 10.1 Å². The molecule has 0 saturated carbocycles. The summed E-state index contributed by atoms with van der Waals surface area (Å²) in [5, 5.41) is 3.44. The molecule has 0 N–H and O–H groups in total. The first-order chi connectivity index (χ1) is 13.0. The average molecular weight is 371 g/mol. The Morgan fingerprint density at radius 3 is 2.56 bits per heavy atom. The van der Waals surface area contributed by atoms with Crippen LogP contribution in [0.25, 0.3) is 11.1 Å². The number of Topliss-reactive ketones (excluding diaryl/α,β-unsaturated/α-hetero) is 1. The number of aromatic nitrogens is 3. The highest BCUT2D eigenvalue weighted by Gasteiger charge is 2.23. The van der Waals surface area contributed by atoms with Gasteiger partial charge in [0, 0.05) is 5.56 Å². The van der Waals surface area contributed by atoms with Gasteiger partial charge >= 0.3 is 5.97 Å². The molecule has 0 fully saturated rings. The van der Waals surface area contributed by atoms with Gasteiger partial charge in [0.1, 0.15) is 17.5 Å². The second kappa shape index (κ2) is 7.81. The number of benzene rings is 1. The Hall–Kier alpha value is -3.49. The number of ether oxygens (including phenoxy) is 2. The SMILES string of the molecule is CCOC(=O)c1noc2ncn(CC(=O)c3ccc(OCC)cc3)c(=O)c12. The van der Waals surface area contributed by atoms with Gasteiger partial charge in [-0.2, -0.15) is 0 Å². The fourth-order valence-electron chi connectivity index (χ4n) is 2.48. The van der Waals surface area contributed by atoms with E-state index in [1.807, 2.05) is 6.92 Å². The summed E-state index contributed by atoms with van der Waals surface area (Å²) in [5.41, 5.74) is -0.537. The standard InChI is InChI=1S/C18H17N3O6/c1-3-25-12-7-5-11(6-8-12)13(22)9-21-10-19-16-14(17(21)23)15(20-27-16)18(24)26-4-2/h5-8,10H,3-4,9H2,1-2H3. The Morgan fingerprint density at radius 2 is 1.89 bits per heavy atom. The highest BCUT2D eigenvalue weighted by atomic mass is 16.5. The third-order valence-corrected chi connectivity index (χ3v) is 3.73. The first-order valence-electron chi connectivity index (χ1n) is 8.33. The summed E-state index contributed by atoms with van der Waals surface area (Å²) >= 11 is 0. The van der Waals surface area contributed by atoms with Crippen LogP contribution >= 0.6 is 0 Å². The molecule has 0 amide bonds. The zero-order chi connectivity index (χ0) is 19.4. The van der Waals surface area contributed by atoms with Crippen LogP contribution in [0.15, 0.2) is 39.9 Å². The molecule has 140 valence electrons. The van der Waals surface area contributed by atoms with Crippen molar-refractivity contribution in [3.63, 3.8) is 0 Å². The van der Waals surface area contributed by atoms with Gasteiger partial charge < -0.3 is 14.0 Å². The van der Waals surface area contributed by atoms with Gasteiger partial charge in [-0.15, -0.1) is 0 Å². The number of hydrogen-bond acceptors (Lipinski definition) is 8. The van der Waals surface area contributed by atoms with E-state index >= 15 is 0 Å². The predicted molar refractivity (Wildman–Crippen MR) is 94.0 cm³/mol. The molecule has 0 aliphatic rings. The molecule has 2 heterocycles. The minimum Gasteiger partial charge on any atom is -0.494 e. The second-order valence-corrected chi connectivity index (χ2v) is 5.49. The van der Waals surface area contributed by atoms with Crippen molar-refractivity contribution in [1.82, 2.24) is 14.7 Å². The summed E-state index contributed by atoms with van der Waals surface area (Å²) in [6.45, 7) is 3.90. The maximum atomic E-state index is 12.7. The Morgan fingerprint density at radius 1 is 1.15 bits per heavy atom. The molecule has 0 spiro atoms. The fraction of sp³-hybridized carbons (Fsp3) is 0.278. The van der Waals surface area contributed by atoms with Crippen molar-refractivity contribution in [2.24, 2.45) is 0 Å². The monoisotopic (exact) mass is 371 g/mol. The lowest BCUT2D eigenvalue weighted by Crippen LogP contribution is -2.25. The Bertz CT molecular complexity index is 1040. The number of esters is 1.